The van der Waals surface area contributed by atoms with Gasteiger partial charge < -0.3 is 15.2 Å². The third-order valence-electron chi connectivity index (χ3n) is 5.04. The van der Waals surface area contributed by atoms with Crippen molar-refractivity contribution in [3.63, 3.8) is 0 Å². The molecule has 3 heteroatoms. The van der Waals surface area contributed by atoms with Crippen molar-refractivity contribution < 1.29 is 9.47 Å². The molecular formula is C16H25NO2. The van der Waals surface area contributed by atoms with E-state index in [1.807, 2.05) is 0 Å². The van der Waals surface area contributed by atoms with E-state index in [1.54, 1.807) is 14.2 Å². The van der Waals surface area contributed by atoms with Gasteiger partial charge >= 0.3 is 0 Å². The molecule has 1 aromatic carbocycles. The van der Waals surface area contributed by atoms with Gasteiger partial charge in [0.1, 0.15) is 0 Å². The van der Waals surface area contributed by atoms with E-state index in [2.05, 4.69) is 32.9 Å². The highest BCUT2D eigenvalue weighted by molar-refractivity contribution is 5.49. The van der Waals surface area contributed by atoms with Crippen molar-refractivity contribution >= 4 is 0 Å². The number of hydrogen-bond donors (Lipinski definition) is 1. The fourth-order valence-corrected chi connectivity index (χ4v) is 3.25. The van der Waals surface area contributed by atoms with Gasteiger partial charge in [0.2, 0.25) is 0 Å². The second-order valence-corrected chi connectivity index (χ2v) is 5.82. The fraction of sp³-hybridized carbons (Fsp3) is 0.625. The molecule has 2 rings (SSSR count). The minimum atomic E-state index is 0.199. The lowest BCUT2D eigenvalue weighted by Gasteiger charge is -2.53. The zero-order valence-corrected chi connectivity index (χ0v) is 12.6. The molecule has 1 aliphatic carbocycles. The van der Waals surface area contributed by atoms with Gasteiger partial charge in [-0.1, -0.05) is 13.8 Å². The Balaban J connectivity index is 2.41. The van der Waals surface area contributed by atoms with Crippen molar-refractivity contribution in [2.75, 3.05) is 14.2 Å². The van der Waals surface area contributed by atoms with E-state index < -0.39 is 0 Å². The van der Waals surface area contributed by atoms with Crippen LogP contribution in [0, 0.1) is 12.3 Å². The molecule has 1 fully saturated rings. The SMILES string of the molecule is CCC1(C)C(N)CC1c1cc(OC)c(OC)cc1C. The van der Waals surface area contributed by atoms with Crippen molar-refractivity contribution in [1.82, 2.24) is 0 Å². The van der Waals surface area contributed by atoms with Crippen LogP contribution in [0.25, 0.3) is 0 Å². The summed E-state index contributed by atoms with van der Waals surface area (Å²) in [5, 5.41) is 0. The minimum Gasteiger partial charge on any atom is -0.493 e. The van der Waals surface area contributed by atoms with E-state index in [4.69, 9.17) is 15.2 Å². The number of benzene rings is 1. The van der Waals surface area contributed by atoms with Gasteiger partial charge in [0.05, 0.1) is 14.2 Å². The van der Waals surface area contributed by atoms with Crippen LogP contribution >= 0.6 is 0 Å². The highest BCUT2D eigenvalue weighted by Crippen LogP contribution is 2.55. The van der Waals surface area contributed by atoms with Crippen LogP contribution in [0.5, 0.6) is 11.5 Å². The predicted octanol–water partition coefficient (Wildman–Crippen LogP) is 3.24. The summed E-state index contributed by atoms with van der Waals surface area (Å²) in [5.74, 6) is 2.12. The van der Waals surface area contributed by atoms with Gasteiger partial charge in [0.25, 0.3) is 0 Å². The van der Waals surface area contributed by atoms with Crippen LogP contribution in [0.3, 0.4) is 0 Å². The van der Waals surface area contributed by atoms with Crippen LogP contribution in [0.1, 0.15) is 43.7 Å². The second kappa shape index (κ2) is 5.04. The third kappa shape index (κ3) is 2.10. The molecule has 0 spiro atoms. The quantitative estimate of drug-likeness (QED) is 0.907. The van der Waals surface area contributed by atoms with Gasteiger partial charge in [0, 0.05) is 6.04 Å². The molecule has 3 nitrogen and oxygen atoms in total. The molecule has 3 atom stereocenters. The zero-order chi connectivity index (χ0) is 14.2. The number of aryl methyl sites for hydroxylation is 1. The molecule has 0 bridgehead atoms. The average molecular weight is 263 g/mol. The molecule has 0 saturated heterocycles. The lowest BCUT2D eigenvalue weighted by atomic mass is 9.54. The van der Waals surface area contributed by atoms with Crippen LogP contribution in [-0.2, 0) is 0 Å². The van der Waals surface area contributed by atoms with Crippen molar-refractivity contribution in [3.8, 4) is 11.5 Å². The largest absolute Gasteiger partial charge is 0.493 e. The summed E-state index contributed by atoms with van der Waals surface area (Å²) in [6.45, 7) is 6.65. The molecule has 1 saturated carbocycles. The summed E-state index contributed by atoms with van der Waals surface area (Å²) in [5.41, 5.74) is 9.02. The molecule has 2 N–H and O–H groups in total. The summed E-state index contributed by atoms with van der Waals surface area (Å²) in [4.78, 5) is 0. The van der Waals surface area contributed by atoms with E-state index in [1.165, 1.54) is 11.1 Å². The fourth-order valence-electron chi connectivity index (χ4n) is 3.25. The highest BCUT2D eigenvalue weighted by Gasteiger charge is 2.49. The van der Waals surface area contributed by atoms with Crippen LogP contribution in [0.4, 0.5) is 0 Å². The summed E-state index contributed by atoms with van der Waals surface area (Å²) >= 11 is 0. The summed E-state index contributed by atoms with van der Waals surface area (Å²) < 4.78 is 10.8. The zero-order valence-electron chi connectivity index (χ0n) is 12.6. The maximum absolute atomic E-state index is 6.22. The minimum absolute atomic E-state index is 0.199. The molecule has 106 valence electrons. The first-order chi connectivity index (χ1) is 8.97. The number of nitrogens with two attached hydrogens (primary N) is 1. The van der Waals surface area contributed by atoms with Crippen LogP contribution < -0.4 is 15.2 Å². The van der Waals surface area contributed by atoms with Crippen molar-refractivity contribution in [2.24, 2.45) is 11.1 Å². The lowest BCUT2D eigenvalue weighted by Crippen LogP contribution is -2.54. The van der Waals surface area contributed by atoms with E-state index in [9.17, 15) is 0 Å². The molecular weight excluding hydrogens is 238 g/mol. The Bertz CT molecular complexity index is 472. The summed E-state index contributed by atoms with van der Waals surface area (Å²) in [6, 6.07) is 4.49. The predicted molar refractivity (Wildman–Crippen MR) is 78.0 cm³/mol. The molecule has 1 aromatic rings. The Kier molecular flexibility index (Phi) is 3.77. The molecule has 0 heterocycles. The molecule has 0 amide bonds. The molecule has 0 radical (unpaired) electrons. The Morgan fingerprint density at radius 1 is 1.26 bits per heavy atom. The van der Waals surface area contributed by atoms with E-state index in [0.29, 0.717) is 12.0 Å². The number of hydrogen-bond acceptors (Lipinski definition) is 3. The first-order valence-electron chi connectivity index (χ1n) is 6.96. The Morgan fingerprint density at radius 2 is 1.84 bits per heavy atom. The van der Waals surface area contributed by atoms with Gasteiger partial charge in [-0.05, 0) is 54.4 Å². The molecule has 3 unspecified atom stereocenters. The smallest absolute Gasteiger partial charge is 0.161 e. The van der Waals surface area contributed by atoms with Crippen molar-refractivity contribution in [2.45, 2.75) is 45.6 Å². The standard InChI is InChI=1S/C16H25NO2/c1-6-16(3)12(9-15(16)17)11-8-14(19-5)13(18-4)7-10(11)2/h7-8,12,15H,6,9,17H2,1-5H3. The van der Waals surface area contributed by atoms with Crippen LogP contribution in [0.2, 0.25) is 0 Å². The Labute approximate surface area is 116 Å². The maximum Gasteiger partial charge on any atom is 0.161 e. The highest BCUT2D eigenvalue weighted by atomic mass is 16.5. The number of ether oxygens (including phenoxy) is 2. The third-order valence-corrected chi connectivity index (χ3v) is 5.04. The summed E-state index contributed by atoms with van der Waals surface area (Å²) in [6.07, 6.45) is 2.16. The van der Waals surface area contributed by atoms with Gasteiger partial charge in [-0.25, -0.2) is 0 Å². The first kappa shape index (κ1) is 14.2. The molecule has 0 aliphatic heterocycles. The van der Waals surface area contributed by atoms with E-state index in [-0.39, 0.29) is 5.41 Å². The average Bonchev–Trinajstić information content (AvgIpc) is 2.43. The monoisotopic (exact) mass is 263 g/mol. The lowest BCUT2D eigenvalue weighted by molar-refractivity contribution is 0.0700. The van der Waals surface area contributed by atoms with Crippen molar-refractivity contribution in [3.05, 3.63) is 23.3 Å². The van der Waals surface area contributed by atoms with Crippen LogP contribution in [-0.4, -0.2) is 20.3 Å². The molecule has 1 aliphatic rings. The van der Waals surface area contributed by atoms with Gasteiger partial charge in [-0.2, -0.15) is 0 Å². The molecule has 19 heavy (non-hydrogen) atoms. The van der Waals surface area contributed by atoms with Crippen molar-refractivity contribution in [1.29, 1.82) is 0 Å². The topological polar surface area (TPSA) is 44.5 Å². The van der Waals surface area contributed by atoms with Gasteiger partial charge in [-0.15, -0.1) is 0 Å². The second-order valence-electron chi connectivity index (χ2n) is 5.82. The maximum atomic E-state index is 6.22. The van der Waals surface area contributed by atoms with E-state index in [0.717, 1.165) is 24.3 Å². The molecule has 0 aromatic heterocycles. The Hall–Kier alpha value is -1.22. The Morgan fingerprint density at radius 3 is 2.32 bits per heavy atom. The normalized spacial score (nSPS) is 29.8. The number of methoxy groups -OCH3 is 2. The van der Waals surface area contributed by atoms with E-state index >= 15 is 0 Å². The van der Waals surface area contributed by atoms with Gasteiger partial charge in [-0.3, -0.25) is 0 Å². The van der Waals surface area contributed by atoms with Crippen LogP contribution in [0.15, 0.2) is 12.1 Å². The summed E-state index contributed by atoms with van der Waals surface area (Å²) in [7, 11) is 3.36. The van der Waals surface area contributed by atoms with Gasteiger partial charge in [0.15, 0.2) is 11.5 Å². The first-order valence-corrected chi connectivity index (χ1v) is 6.96. The number of rotatable bonds is 4.